The van der Waals surface area contributed by atoms with E-state index >= 15 is 0 Å². The Hall–Kier alpha value is -1.32. The lowest BCUT2D eigenvalue weighted by Crippen LogP contribution is -2.38. The molecule has 1 aliphatic heterocycles. The van der Waals surface area contributed by atoms with Crippen molar-refractivity contribution < 1.29 is 9.59 Å². The maximum atomic E-state index is 11.7. The van der Waals surface area contributed by atoms with Gasteiger partial charge in [-0.2, -0.15) is 0 Å². The average Bonchev–Trinajstić information content (AvgIpc) is 2.55. The number of nitrogens with zero attached hydrogens (tertiary/aromatic N) is 1. The Balaban J connectivity index is 2.30. The van der Waals surface area contributed by atoms with Crippen LogP contribution in [0.25, 0.3) is 0 Å². The molecule has 1 N–H and O–H groups in total. The maximum Gasteiger partial charge on any atom is 0.246 e. The third kappa shape index (κ3) is 4.90. The summed E-state index contributed by atoms with van der Waals surface area (Å²) in [6.07, 6.45) is 6.64. The minimum atomic E-state index is -0.0286. The van der Waals surface area contributed by atoms with Crippen molar-refractivity contribution in [2.24, 2.45) is 0 Å². The molecule has 1 heterocycles. The number of allylic oxidation sites excluding steroid dienone is 1. The number of carbonyl (C=O) groups excluding carboxylic acids is 2. The molecule has 0 atom stereocenters. The second-order valence-electron chi connectivity index (χ2n) is 4.74. The molecular formula is C14H24N2O2. The van der Waals surface area contributed by atoms with Crippen LogP contribution in [-0.4, -0.2) is 36.3 Å². The summed E-state index contributed by atoms with van der Waals surface area (Å²) in [6.45, 7) is 5.82. The summed E-state index contributed by atoms with van der Waals surface area (Å²) in [4.78, 5) is 25.2. The standard InChI is InChI=1S/C14H24N2O2/c1-3-7-12(2)14(18)15-9-11-16-10-6-4-5-8-13(16)17/h7H,3-6,8-11H2,1-2H3,(H,15,18)/b12-7+. The fourth-order valence-corrected chi connectivity index (χ4v) is 2.12. The van der Waals surface area contributed by atoms with Gasteiger partial charge in [-0.3, -0.25) is 9.59 Å². The first-order valence-electron chi connectivity index (χ1n) is 6.88. The smallest absolute Gasteiger partial charge is 0.246 e. The highest BCUT2D eigenvalue weighted by atomic mass is 16.2. The Bertz CT molecular complexity index is 324. The fraction of sp³-hybridized carbons (Fsp3) is 0.714. The second kappa shape index (κ2) is 7.90. The summed E-state index contributed by atoms with van der Waals surface area (Å²) in [5.41, 5.74) is 0.750. The van der Waals surface area contributed by atoms with E-state index in [2.05, 4.69) is 5.32 Å². The highest BCUT2D eigenvalue weighted by molar-refractivity contribution is 5.92. The van der Waals surface area contributed by atoms with Crippen molar-refractivity contribution in [1.82, 2.24) is 10.2 Å². The van der Waals surface area contributed by atoms with Crippen LogP contribution in [0.15, 0.2) is 11.6 Å². The van der Waals surface area contributed by atoms with Crippen molar-refractivity contribution >= 4 is 11.8 Å². The molecule has 0 unspecified atom stereocenters. The first kappa shape index (κ1) is 14.7. The topological polar surface area (TPSA) is 49.4 Å². The van der Waals surface area contributed by atoms with Crippen molar-refractivity contribution in [2.75, 3.05) is 19.6 Å². The van der Waals surface area contributed by atoms with Crippen LogP contribution in [0, 0.1) is 0 Å². The number of likely N-dealkylation sites (tertiary alicyclic amines) is 1. The van der Waals surface area contributed by atoms with Crippen molar-refractivity contribution in [3.05, 3.63) is 11.6 Å². The van der Waals surface area contributed by atoms with E-state index in [1.807, 2.05) is 24.8 Å². The summed E-state index contributed by atoms with van der Waals surface area (Å²) in [6, 6.07) is 0. The molecule has 0 spiro atoms. The van der Waals surface area contributed by atoms with Crippen LogP contribution in [0.1, 0.15) is 46.0 Å². The molecule has 0 aliphatic carbocycles. The first-order chi connectivity index (χ1) is 8.65. The first-order valence-corrected chi connectivity index (χ1v) is 6.88. The van der Waals surface area contributed by atoms with Gasteiger partial charge in [0.15, 0.2) is 0 Å². The minimum Gasteiger partial charge on any atom is -0.351 e. The Labute approximate surface area is 109 Å². The average molecular weight is 252 g/mol. The molecule has 4 nitrogen and oxygen atoms in total. The molecule has 0 radical (unpaired) electrons. The van der Waals surface area contributed by atoms with Crippen LogP contribution in [0.5, 0.6) is 0 Å². The van der Waals surface area contributed by atoms with Gasteiger partial charge in [0.05, 0.1) is 0 Å². The molecule has 102 valence electrons. The van der Waals surface area contributed by atoms with Crippen molar-refractivity contribution in [2.45, 2.75) is 46.0 Å². The normalized spacial score (nSPS) is 17.6. The SMILES string of the molecule is CC/C=C(\C)C(=O)NCCN1CCCCCC1=O. The molecule has 1 rings (SSSR count). The molecule has 0 aromatic heterocycles. The van der Waals surface area contributed by atoms with Gasteiger partial charge in [-0.15, -0.1) is 0 Å². The largest absolute Gasteiger partial charge is 0.351 e. The molecule has 4 heteroatoms. The van der Waals surface area contributed by atoms with Crippen LogP contribution >= 0.6 is 0 Å². The molecule has 18 heavy (non-hydrogen) atoms. The monoisotopic (exact) mass is 252 g/mol. The van der Waals surface area contributed by atoms with Crippen LogP contribution in [0.4, 0.5) is 0 Å². The van der Waals surface area contributed by atoms with E-state index < -0.39 is 0 Å². The summed E-state index contributed by atoms with van der Waals surface area (Å²) in [5, 5.41) is 2.85. The Morgan fingerprint density at radius 2 is 2.17 bits per heavy atom. The van der Waals surface area contributed by atoms with Crippen LogP contribution in [-0.2, 0) is 9.59 Å². The zero-order valence-electron chi connectivity index (χ0n) is 11.5. The van der Waals surface area contributed by atoms with Gasteiger partial charge in [0.25, 0.3) is 0 Å². The van der Waals surface area contributed by atoms with E-state index in [9.17, 15) is 9.59 Å². The van der Waals surface area contributed by atoms with Gasteiger partial charge < -0.3 is 10.2 Å². The summed E-state index contributed by atoms with van der Waals surface area (Å²) in [7, 11) is 0. The highest BCUT2D eigenvalue weighted by Gasteiger charge is 2.16. The van der Waals surface area contributed by atoms with Crippen molar-refractivity contribution in [3.63, 3.8) is 0 Å². The van der Waals surface area contributed by atoms with Gasteiger partial charge in [0.2, 0.25) is 11.8 Å². The van der Waals surface area contributed by atoms with E-state index in [1.165, 1.54) is 0 Å². The number of carbonyl (C=O) groups is 2. The zero-order chi connectivity index (χ0) is 13.4. The van der Waals surface area contributed by atoms with Crippen LogP contribution < -0.4 is 5.32 Å². The second-order valence-corrected chi connectivity index (χ2v) is 4.74. The molecular weight excluding hydrogens is 228 g/mol. The third-order valence-corrected chi connectivity index (χ3v) is 3.21. The van der Waals surface area contributed by atoms with Gasteiger partial charge in [-0.1, -0.05) is 19.4 Å². The van der Waals surface area contributed by atoms with E-state index in [1.54, 1.807) is 0 Å². The lowest BCUT2D eigenvalue weighted by atomic mass is 10.2. The Morgan fingerprint density at radius 1 is 1.39 bits per heavy atom. The lowest BCUT2D eigenvalue weighted by Gasteiger charge is -2.20. The van der Waals surface area contributed by atoms with E-state index in [4.69, 9.17) is 0 Å². The molecule has 0 bridgehead atoms. The lowest BCUT2D eigenvalue weighted by molar-refractivity contribution is -0.131. The quantitative estimate of drug-likeness (QED) is 0.759. The van der Waals surface area contributed by atoms with Gasteiger partial charge in [0, 0.05) is 31.6 Å². The summed E-state index contributed by atoms with van der Waals surface area (Å²) in [5.74, 6) is 0.196. The maximum absolute atomic E-state index is 11.7. The van der Waals surface area contributed by atoms with Crippen LogP contribution in [0.3, 0.4) is 0 Å². The van der Waals surface area contributed by atoms with Crippen LogP contribution in [0.2, 0.25) is 0 Å². The van der Waals surface area contributed by atoms with E-state index in [-0.39, 0.29) is 11.8 Å². The minimum absolute atomic E-state index is 0.0286. The summed E-state index contributed by atoms with van der Waals surface area (Å²) >= 11 is 0. The van der Waals surface area contributed by atoms with Gasteiger partial charge in [-0.25, -0.2) is 0 Å². The number of hydrogen-bond acceptors (Lipinski definition) is 2. The van der Waals surface area contributed by atoms with Crippen molar-refractivity contribution in [1.29, 1.82) is 0 Å². The molecule has 1 saturated heterocycles. The number of nitrogens with one attached hydrogen (secondary N) is 1. The molecule has 1 fully saturated rings. The third-order valence-electron chi connectivity index (χ3n) is 3.21. The Kier molecular flexibility index (Phi) is 6.47. The number of hydrogen-bond donors (Lipinski definition) is 1. The number of amides is 2. The molecule has 0 saturated carbocycles. The highest BCUT2D eigenvalue weighted by Crippen LogP contribution is 2.10. The molecule has 1 aliphatic rings. The predicted molar refractivity (Wildman–Crippen MR) is 72.1 cm³/mol. The van der Waals surface area contributed by atoms with Gasteiger partial charge >= 0.3 is 0 Å². The van der Waals surface area contributed by atoms with Gasteiger partial charge in [-0.05, 0) is 26.2 Å². The number of rotatable bonds is 5. The van der Waals surface area contributed by atoms with Crippen molar-refractivity contribution in [3.8, 4) is 0 Å². The molecule has 0 aromatic rings. The molecule has 0 aromatic carbocycles. The van der Waals surface area contributed by atoms with Gasteiger partial charge in [0.1, 0.15) is 0 Å². The Morgan fingerprint density at radius 3 is 2.89 bits per heavy atom. The van der Waals surface area contributed by atoms with E-state index in [0.717, 1.165) is 37.8 Å². The molecule has 2 amide bonds. The predicted octanol–water partition coefficient (Wildman–Crippen LogP) is 1.86. The zero-order valence-corrected chi connectivity index (χ0v) is 11.5. The van der Waals surface area contributed by atoms with E-state index in [0.29, 0.717) is 19.5 Å². The summed E-state index contributed by atoms with van der Waals surface area (Å²) < 4.78 is 0. The fourth-order valence-electron chi connectivity index (χ4n) is 2.12.